The summed E-state index contributed by atoms with van der Waals surface area (Å²) in [5.74, 6) is 0. The number of carbonyl (C=O) groups excluding carboxylic acids is 1. The van der Waals surface area contributed by atoms with Crippen LogP contribution in [0.5, 0.6) is 0 Å². The Kier molecular flexibility index (Phi) is 4.51. The molecule has 0 aliphatic heterocycles. The van der Waals surface area contributed by atoms with Crippen molar-refractivity contribution in [2.75, 3.05) is 10.6 Å². The second-order valence-corrected chi connectivity index (χ2v) is 5.14. The van der Waals surface area contributed by atoms with Crippen LogP contribution >= 0.6 is 22.6 Å². The van der Waals surface area contributed by atoms with E-state index in [4.69, 9.17) is 0 Å². The summed E-state index contributed by atoms with van der Waals surface area (Å²) in [4.78, 5) is 21.9. The SMILES string of the molecule is O=C(Nc1ccc(I)cc1)Nc1cccc([N+](=O)[O-])c1. The average Bonchev–Trinajstić information content (AvgIpc) is 2.41. The van der Waals surface area contributed by atoms with Crippen molar-refractivity contribution in [2.24, 2.45) is 0 Å². The molecule has 102 valence electrons. The Balaban J connectivity index is 2.02. The third-order valence-electron chi connectivity index (χ3n) is 2.42. The number of amides is 2. The standard InChI is InChI=1S/C13H10IN3O3/c14-9-4-6-10(7-5-9)15-13(18)16-11-2-1-3-12(8-11)17(19)20/h1-8H,(H2,15,16,18). The van der Waals surface area contributed by atoms with Crippen LogP contribution in [0.25, 0.3) is 0 Å². The van der Waals surface area contributed by atoms with Crippen molar-refractivity contribution in [3.63, 3.8) is 0 Å². The molecule has 6 nitrogen and oxygen atoms in total. The molecule has 0 aliphatic carbocycles. The van der Waals surface area contributed by atoms with Crippen molar-refractivity contribution in [1.29, 1.82) is 0 Å². The van der Waals surface area contributed by atoms with Crippen LogP contribution < -0.4 is 10.6 Å². The van der Waals surface area contributed by atoms with Crippen molar-refractivity contribution in [1.82, 2.24) is 0 Å². The number of benzene rings is 2. The van der Waals surface area contributed by atoms with Crippen molar-refractivity contribution >= 4 is 45.7 Å². The van der Waals surface area contributed by atoms with Gasteiger partial charge in [-0.25, -0.2) is 4.79 Å². The first-order valence-corrected chi connectivity index (χ1v) is 6.70. The topological polar surface area (TPSA) is 84.3 Å². The zero-order valence-electron chi connectivity index (χ0n) is 10.2. The zero-order valence-corrected chi connectivity index (χ0v) is 12.3. The number of carbonyl (C=O) groups is 1. The summed E-state index contributed by atoms with van der Waals surface area (Å²) in [5.41, 5.74) is 0.938. The first kappa shape index (κ1) is 14.3. The molecule has 0 radical (unpaired) electrons. The highest BCUT2D eigenvalue weighted by Gasteiger charge is 2.08. The van der Waals surface area contributed by atoms with E-state index in [1.165, 1.54) is 18.2 Å². The molecule has 0 unspecified atom stereocenters. The van der Waals surface area contributed by atoms with E-state index in [0.29, 0.717) is 11.4 Å². The molecule has 0 saturated heterocycles. The summed E-state index contributed by atoms with van der Waals surface area (Å²) in [5, 5.41) is 15.8. The van der Waals surface area contributed by atoms with Crippen molar-refractivity contribution < 1.29 is 9.72 Å². The highest BCUT2D eigenvalue weighted by atomic mass is 127. The third-order valence-corrected chi connectivity index (χ3v) is 3.14. The molecular weight excluding hydrogens is 373 g/mol. The minimum Gasteiger partial charge on any atom is -0.308 e. The van der Waals surface area contributed by atoms with Crippen molar-refractivity contribution in [2.45, 2.75) is 0 Å². The molecule has 0 bridgehead atoms. The molecule has 2 rings (SSSR count). The Bertz CT molecular complexity index is 644. The molecule has 7 heteroatoms. The normalized spacial score (nSPS) is 9.85. The maximum absolute atomic E-state index is 11.8. The lowest BCUT2D eigenvalue weighted by Crippen LogP contribution is -2.19. The molecule has 0 heterocycles. The average molecular weight is 383 g/mol. The Morgan fingerprint density at radius 1 is 1.05 bits per heavy atom. The Morgan fingerprint density at radius 2 is 1.70 bits per heavy atom. The molecule has 2 amide bonds. The van der Waals surface area contributed by atoms with E-state index < -0.39 is 11.0 Å². The summed E-state index contributed by atoms with van der Waals surface area (Å²) < 4.78 is 1.06. The maximum atomic E-state index is 11.8. The van der Waals surface area contributed by atoms with Crippen molar-refractivity contribution in [3.8, 4) is 0 Å². The van der Waals surface area contributed by atoms with E-state index in [1.807, 2.05) is 12.1 Å². The van der Waals surface area contributed by atoms with Gasteiger partial charge in [-0.2, -0.15) is 0 Å². The summed E-state index contributed by atoms with van der Waals surface area (Å²) in [6.07, 6.45) is 0. The number of anilines is 2. The highest BCUT2D eigenvalue weighted by molar-refractivity contribution is 14.1. The van der Waals surface area contributed by atoms with Gasteiger partial charge in [0, 0.05) is 27.1 Å². The number of hydrogen-bond donors (Lipinski definition) is 2. The summed E-state index contributed by atoms with van der Waals surface area (Å²) in [6.45, 7) is 0. The number of nitro groups is 1. The lowest BCUT2D eigenvalue weighted by Gasteiger charge is -2.07. The van der Waals surface area contributed by atoms with Crippen LogP contribution in [-0.2, 0) is 0 Å². The molecule has 0 aromatic heterocycles. The summed E-state index contributed by atoms with van der Waals surface area (Å²) >= 11 is 2.17. The van der Waals surface area contributed by atoms with Gasteiger partial charge in [0.1, 0.15) is 0 Å². The zero-order chi connectivity index (χ0) is 14.5. The molecule has 0 saturated carbocycles. The van der Waals surface area contributed by atoms with Crippen LogP contribution in [0.15, 0.2) is 48.5 Å². The number of non-ortho nitro benzene ring substituents is 1. The number of urea groups is 1. The Hall–Kier alpha value is -2.16. The third kappa shape index (κ3) is 3.92. The predicted molar refractivity (Wildman–Crippen MR) is 84.9 cm³/mol. The van der Waals surface area contributed by atoms with Gasteiger partial charge in [-0.3, -0.25) is 10.1 Å². The number of halogens is 1. The van der Waals surface area contributed by atoms with Crippen LogP contribution in [-0.4, -0.2) is 11.0 Å². The first-order valence-electron chi connectivity index (χ1n) is 5.62. The number of rotatable bonds is 3. The van der Waals surface area contributed by atoms with Gasteiger partial charge < -0.3 is 10.6 Å². The number of nitro benzene ring substituents is 1. The molecule has 20 heavy (non-hydrogen) atoms. The quantitative estimate of drug-likeness (QED) is 0.480. The van der Waals surface area contributed by atoms with E-state index in [0.717, 1.165) is 3.57 Å². The molecule has 0 spiro atoms. The fraction of sp³-hybridized carbons (Fsp3) is 0. The van der Waals surface area contributed by atoms with Gasteiger partial charge in [0.05, 0.1) is 4.92 Å². The van der Waals surface area contributed by atoms with Gasteiger partial charge >= 0.3 is 6.03 Å². The second-order valence-electron chi connectivity index (χ2n) is 3.89. The minimum atomic E-state index is -0.512. The molecule has 0 fully saturated rings. The highest BCUT2D eigenvalue weighted by Crippen LogP contribution is 2.17. The van der Waals surface area contributed by atoms with Crippen LogP contribution in [0, 0.1) is 13.7 Å². The fourth-order valence-electron chi connectivity index (χ4n) is 1.52. The van der Waals surface area contributed by atoms with E-state index >= 15 is 0 Å². The van der Waals surface area contributed by atoms with E-state index in [1.54, 1.807) is 18.2 Å². The van der Waals surface area contributed by atoms with E-state index in [9.17, 15) is 14.9 Å². The molecule has 0 atom stereocenters. The van der Waals surface area contributed by atoms with Gasteiger partial charge in [-0.05, 0) is 52.9 Å². The van der Waals surface area contributed by atoms with E-state index in [-0.39, 0.29) is 5.69 Å². The second kappa shape index (κ2) is 6.33. The molecular formula is C13H10IN3O3. The predicted octanol–water partition coefficient (Wildman–Crippen LogP) is 3.84. The van der Waals surface area contributed by atoms with Gasteiger partial charge in [0.2, 0.25) is 0 Å². The smallest absolute Gasteiger partial charge is 0.308 e. The summed E-state index contributed by atoms with van der Waals surface area (Å²) in [7, 11) is 0. The van der Waals surface area contributed by atoms with Gasteiger partial charge in [0.15, 0.2) is 0 Å². The fourth-order valence-corrected chi connectivity index (χ4v) is 1.88. The molecule has 2 N–H and O–H groups in total. The number of nitrogens with zero attached hydrogens (tertiary/aromatic N) is 1. The number of hydrogen-bond acceptors (Lipinski definition) is 3. The van der Waals surface area contributed by atoms with Gasteiger partial charge in [0.25, 0.3) is 5.69 Å². The lowest BCUT2D eigenvalue weighted by molar-refractivity contribution is -0.384. The van der Waals surface area contributed by atoms with Crippen molar-refractivity contribution in [3.05, 3.63) is 62.2 Å². The van der Waals surface area contributed by atoms with E-state index in [2.05, 4.69) is 33.2 Å². The molecule has 0 aliphatic rings. The number of nitrogens with one attached hydrogen (secondary N) is 2. The maximum Gasteiger partial charge on any atom is 0.323 e. The van der Waals surface area contributed by atoms with Crippen LogP contribution in [0.1, 0.15) is 0 Å². The van der Waals surface area contributed by atoms with Gasteiger partial charge in [-0.15, -0.1) is 0 Å². The van der Waals surface area contributed by atoms with Crippen LogP contribution in [0.4, 0.5) is 21.9 Å². The summed E-state index contributed by atoms with van der Waals surface area (Å²) in [6, 6.07) is 12.6. The largest absolute Gasteiger partial charge is 0.323 e. The molecule has 2 aromatic carbocycles. The van der Waals surface area contributed by atoms with Crippen LogP contribution in [0.2, 0.25) is 0 Å². The first-order chi connectivity index (χ1) is 9.54. The van der Waals surface area contributed by atoms with Gasteiger partial charge in [-0.1, -0.05) is 6.07 Å². The molecule has 2 aromatic rings. The monoisotopic (exact) mass is 383 g/mol. The lowest BCUT2D eigenvalue weighted by atomic mass is 10.3. The Morgan fingerprint density at radius 3 is 2.35 bits per heavy atom. The van der Waals surface area contributed by atoms with Crippen LogP contribution in [0.3, 0.4) is 0 Å². The minimum absolute atomic E-state index is 0.0722. The Labute approximate surface area is 128 Å².